The van der Waals surface area contributed by atoms with Gasteiger partial charge in [-0.25, -0.2) is 4.39 Å². The minimum Gasteiger partial charge on any atom is -0.494 e. The van der Waals surface area contributed by atoms with Crippen molar-refractivity contribution in [2.45, 2.75) is 45.4 Å². The Labute approximate surface area is 108 Å². The summed E-state index contributed by atoms with van der Waals surface area (Å²) in [6, 6.07) is 4.69. The summed E-state index contributed by atoms with van der Waals surface area (Å²) in [5.41, 5.74) is 0.143. The van der Waals surface area contributed by atoms with Gasteiger partial charge in [-0.15, -0.1) is 0 Å². The van der Waals surface area contributed by atoms with E-state index in [1.54, 1.807) is 6.07 Å². The summed E-state index contributed by atoms with van der Waals surface area (Å²) >= 11 is 0. The van der Waals surface area contributed by atoms with Gasteiger partial charge in [0.15, 0.2) is 17.3 Å². The molecule has 3 heteroatoms. The van der Waals surface area contributed by atoms with Gasteiger partial charge in [-0.05, 0) is 18.6 Å². The molecule has 18 heavy (non-hydrogen) atoms. The Morgan fingerprint density at radius 2 is 1.94 bits per heavy atom. The molecule has 2 nitrogen and oxygen atoms in total. The molecule has 0 N–H and O–H groups in total. The number of carbonyl (C=O) groups excluding carboxylic acids is 1. The molecule has 0 aliphatic heterocycles. The largest absolute Gasteiger partial charge is 0.494 e. The Morgan fingerprint density at radius 3 is 2.61 bits per heavy atom. The van der Waals surface area contributed by atoms with Gasteiger partial charge in [0.05, 0.1) is 12.7 Å². The van der Waals surface area contributed by atoms with E-state index in [4.69, 9.17) is 4.74 Å². The van der Waals surface area contributed by atoms with Crippen molar-refractivity contribution < 1.29 is 13.9 Å². The molecular formula is C15H21FO2. The van der Waals surface area contributed by atoms with Crippen LogP contribution in [0.15, 0.2) is 18.2 Å². The predicted octanol–water partition coefficient (Wildman–Crippen LogP) is 4.38. The summed E-state index contributed by atoms with van der Waals surface area (Å²) in [6.45, 7) is 2.15. The molecule has 0 radical (unpaired) electrons. The zero-order valence-corrected chi connectivity index (χ0v) is 11.2. The molecule has 1 aromatic rings. The predicted molar refractivity (Wildman–Crippen MR) is 70.7 cm³/mol. The lowest BCUT2D eigenvalue weighted by atomic mass is 10.0. The fraction of sp³-hybridized carbons (Fsp3) is 0.533. The van der Waals surface area contributed by atoms with E-state index in [1.165, 1.54) is 32.1 Å². The number of hydrogen-bond acceptors (Lipinski definition) is 2. The molecule has 0 fully saturated rings. The van der Waals surface area contributed by atoms with E-state index >= 15 is 0 Å². The second-order valence-corrected chi connectivity index (χ2v) is 4.41. The van der Waals surface area contributed by atoms with Crippen LogP contribution < -0.4 is 4.74 Å². The third-order valence-electron chi connectivity index (χ3n) is 2.99. The van der Waals surface area contributed by atoms with Gasteiger partial charge in [0.2, 0.25) is 0 Å². The molecule has 0 saturated heterocycles. The van der Waals surface area contributed by atoms with E-state index in [-0.39, 0.29) is 17.1 Å². The Morgan fingerprint density at radius 1 is 1.22 bits per heavy atom. The van der Waals surface area contributed by atoms with Crippen molar-refractivity contribution in [2.75, 3.05) is 7.11 Å². The lowest BCUT2D eigenvalue weighted by Crippen LogP contribution is -2.03. The number of methoxy groups -OCH3 is 1. The number of hydrogen-bond donors (Lipinski definition) is 0. The molecule has 1 rings (SSSR count). The fourth-order valence-corrected chi connectivity index (χ4v) is 1.91. The van der Waals surface area contributed by atoms with E-state index in [1.807, 2.05) is 0 Å². The molecule has 0 heterocycles. The zero-order chi connectivity index (χ0) is 13.4. The van der Waals surface area contributed by atoms with Gasteiger partial charge in [0, 0.05) is 6.42 Å². The molecule has 0 saturated carbocycles. The van der Waals surface area contributed by atoms with Crippen molar-refractivity contribution in [2.24, 2.45) is 0 Å². The Kier molecular flexibility index (Phi) is 6.40. The summed E-state index contributed by atoms with van der Waals surface area (Å²) in [6.07, 6.45) is 5.79. The van der Waals surface area contributed by atoms with E-state index in [0.717, 1.165) is 19.3 Å². The molecule has 0 unspecified atom stereocenters. The topological polar surface area (TPSA) is 26.3 Å². The van der Waals surface area contributed by atoms with Gasteiger partial charge in [-0.3, -0.25) is 4.79 Å². The second kappa shape index (κ2) is 7.85. The van der Waals surface area contributed by atoms with Crippen LogP contribution in [0.2, 0.25) is 0 Å². The highest BCUT2D eigenvalue weighted by atomic mass is 19.1. The number of Topliss-reactive ketones (excluding diaryl/α,β-unsaturated/α-hetero) is 1. The van der Waals surface area contributed by atoms with Gasteiger partial charge in [-0.1, -0.05) is 38.7 Å². The lowest BCUT2D eigenvalue weighted by molar-refractivity contribution is 0.0974. The SMILES string of the molecule is CCCCCCCC(=O)c1cccc(OC)c1F. The third-order valence-corrected chi connectivity index (χ3v) is 2.99. The third kappa shape index (κ3) is 4.13. The van der Waals surface area contributed by atoms with Gasteiger partial charge < -0.3 is 4.74 Å². The van der Waals surface area contributed by atoms with E-state index in [0.29, 0.717) is 6.42 Å². The summed E-state index contributed by atoms with van der Waals surface area (Å²) in [5, 5.41) is 0. The molecule has 0 aliphatic rings. The summed E-state index contributed by atoms with van der Waals surface area (Å²) in [5.74, 6) is -0.548. The first kappa shape index (κ1) is 14.7. The highest BCUT2D eigenvalue weighted by Crippen LogP contribution is 2.21. The first-order chi connectivity index (χ1) is 8.70. The van der Waals surface area contributed by atoms with Crippen LogP contribution in [0.25, 0.3) is 0 Å². The average Bonchev–Trinajstić information content (AvgIpc) is 2.38. The number of ketones is 1. The Hall–Kier alpha value is -1.38. The molecule has 1 aromatic carbocycles. The smallest absolute Gasteiger partial charge is 0.175 e. The molecule has 0 atom stereocenters. The standard InChI is InChI=1S/C15H21FO2/c1-3-4-5-6-7-10-13(17)12-9-8-11-14(18-2)15(12)16/h8-9,11H,3-7,10H2,1-2H3. The number of carbonyl (C=O) groups is 1. The van der Waals surface area contributed by atoms with Crippen LogP contribution in [0.1, 0.15) is 55.8 Å². The first-order valence-corrected chi connectivity index (χ1v) is 6.56. The van der Waals surface area contributed by atoms with Gasteiger partial charge in [-0.2, -0.15) is 0 Å². The normalized spacial score (nSPS) is 10.4. The van der Waals surface area contributed by atoms with E-state index in [2.05, 4.69) is 6.92 Å². The van der Waals surface area contributed by atoms with Crippen LogP contribution in [-0.2, 0) is 0 Å². The fourth-order valence-electron chi connectivity index (χ4n) is 1.91. The van der Waals surface area contributed by atoms with Crippen molar-refractivity contribution in [1.29, 1.82) is 0 Å². The number of halogens is 1. The van der Waals surface area contributed by atoms with E-state index in [9.17, 15) is 9.18 Å². The lowest BCUT2D eigenvalue weighted by Gasteiger charge is -2.06. The molecule has 0 spiro atoms. The summed E-state index contributed by atoms with van der Waals surface area (Å²) in [4.78, 5) is 11.9. The van der Waals surface area contributed by atoms with Gasteiger partial charge >= 0.3 is 0 Å². The molecule has 0 amide bonds. The van der Waals surface area contributed by atoms with Crippen molar-refractivity contribution in [3.05, 3.63) is 29.6 Å². The maximum atomic E-state index is 13.8. The van der Waals surface area contributed by atoms with Crippen molar-refractivity contribution in [1.82, 2.24) is 0 Å². The Bertz CT molecular complexity index is 388. The minimum absolute atomic E-state index is 0.131. The van der Waals surface area contributed by atoms with Crippen LogP contribution >= 0.6 is 0 Å². The first-order valence-electron chi connectivity index (χ1n) is 6.56. The van der Waals surface area contributed by atoms with Gasteiger partial charge in [0.25, 0.3) is 0 Å². The highest BCUT2D eigenvalue weighted by molar-refractivity contribution is 5.96. The Balaban J connectivity index is 2.51. The average molecular weight is 252 g/mol. The van der Waals surface area contributed by atoms with Crippen LogP contribution in [0.4, 0.5) is 4.39 Å². The minimum atomic E-state index is -0.543. The van der Waals surface area contributed by atoms with Crippen molar-refractivity contribution in [3.63, 3.8) is 0 Å². The second-order valence-electron chi connectivity index (χ2n) is 4.41. The van der Waals surface area contributed by atoms with Crippen molar-refractivity contribution >= 4 is 5.78 Å². The van der Waals surface area contributed by atoms with Crippen molar-refractivity contribution in [3.8, 4) is 5.75 Å². The number of rotatable bonds is 8. The van der Waals surface area contributed by atoms with E-state index < -0.39 is 5.82 Å². The molecule has 0 aromatic heterocycles. The van der Waals surface area contributed by atoms with Crippen LogP contribution in [0, 0.1) is 5.82 Å². The monoisotopic (exact) mass is 252 g/mol. The van der Waals surface area contributed by atoms with Crippen LogP contribution in [0.3, 0.4) is 0 Å². The summed E-state index contributed by atoms with van der Waals surface area (Å²) < 4.78 is 18.7. The van der Waals surface area contributed by atoms with Gasteiger partial charge in [0.1, 0.15) is 0 Å². The maximum absolute atomic E-state index is 13.8. The highest BCUT2D eigenvalue weighted by Gasteiger charge is 2.14. The number of unbranched alkanes of at least 4 members (excludes halogenated alkanes) is 4. The molecule has 0 bridgehead atoms. The summed E-state index contributed by atoms with van der Waals surface area (Å²) in [7, 11) is 1.40. The van der Waals surface area contributed by atoms with Crippen LogP contribution in [0.5, 0.6) is 5.75 Å². The zero-order valence-electron chi connectivity index (χ0n) is 11.2. The van der Waals surface area contributed by atoms with Crippen LogP contribution in [-0.4, -0.2) is 12.9 Å². The maximum Gasteiger partial charge on any atom is 0.175 e. The quantitative estimate of drug-likeness (QED) is 0.507. The molecular weight excluding hydrogens is 231 g/mol. The molecule has 100 valence electrons. The number of ether oxygens (including phenoxy) is 1. The number of benzene rings is 1. The molecule has 0 aliphatic carbocycles.